The van der Waals surface area contributed by atoms with E-state index in [1.54, 1.807) is 0 Å². The lowest BCUT2D eigenvalue weighted by molar-refractivity contribution is -0.122. The van der Waals surface area contributed by atoms with E-state index >= 15 is 0 Å². The molecule has 1 amide bonds. The van der Waals surface area contributed by atoms with Gasteiger partial charge in [-0.3, -0.25) is 4.79 Å². The zero-order chi connectivity index (χ0) is 16.1. The van der Waals surface area contributed by atoms with Crippen molar-refractivity contribution in [2.45, 2.75) is 33.3 Å². The van der Waals surface area contributed by atoms with Crippen LogP contribution in [0.3, 0.4) is 0 Å². The van der Waals surface area contributed by atoms with Gasteiger partial charge >= 0.3 is 0 Å². The van der Waals surface area contributed by atoms with Gasteiger partial charge in [-0.1, -0.05) is 35.0 Å². The van der Waals surface area contributed by atoms with Gasteiger partial charge in [-0.25, -0.2) is 0 Å². The van der Waals surface area contributed by atoms with Crippen LogP contribution < -0.4 is 10.1 Å². The van der Waals surface area contributed by atoms with E-state index in [0.717, 1.165) is 27.0 Å². The maximum Gasteiger partial charge on any atom is 0.265 e. The van der Waals surface area contributed by atoms with Crippen LogP contribution in [-0.4, -0.2) is 12.0 Å². The minimum atomic E-state index is -0.514. The van der Waals surface area contributed by atoms with Gasteiger partial charge in [-0.2, -0.15) is 0 Å². The summed E-state index contributed by atoms with van der Waals surface area (Å²) in [4.78, 5) is 12.4. The summed E-state index contributed by atoms with van der Waals surface area (Å²) in [7, 11) is 0. The van der Waals surface area contributed by atoms with Crippen LogP contribution in [0.1, 0.15) is 24.5 Å². The first kappa shape index (κ1) is 16.6. The maximum absolute atomic E-state index is 12.4. The molecule has 0 fully saturated rings. The third-order valence-corrected chi connectivity index (χ3v) is 3.72. The van der Waals surface area contributed by atoms with E-state index in [2.05, 4.69) is 27.3 Å². The fourth-order valence-corrected chi connectivity index (χ4v) is 2.68. The summed E-state index contributed by atoms with van der Waals surface area (Å²) in [5, 5.41) is 2.89. The molecular weight excluding hydrogens is 342 g/mol. The quantitative estimate of drug-likeness (QED) is 0.825. The highest BCUT2D eigenvalue weighted by Gasteiger charge is 2.18. The Hall–Kier alpha value is -1.81. The van der Waals surface area contributed by atoms with E-state index in [1.807, 2.05) is 57.2 Å². The average molecular weight is 362 g/mol. The lowest BCUT2D eigenvalue weighted by atomic mass is 10.1. The highest BCUT2D eigenvalue weighted by atomic mass is 79.9. The van der Waals surface area contributed by atoms with Crippen LogP contribution in [0.15, 0.2) is 46.9 Å². The van der Waals surface area contributed by atoms with E-state index in [0.29, 0.717) is 6.42 Å². The molecule has 1 N–H and O–H groups in total. The Morgan fingerprint density at radius 3 is 2.45 bits per heavy atom. The number of halogens is 1. The lowest BCUT2D eigenvalue weighted by Gasteiger charge is -2.18. The van der Waals surface area contributed by atoms with Crippen LogP contribution in [-0.2, 0) is 4.79 Å². The first-order valence-corrected chi connectivity index (χ1v) is 8.08. The molecule has 0 aliphatic heterocycles. The minimum Gasteiger partial charge on any atom is -0.481 e. The first-order valence-electron chi connectivity index (χ1n) is 7.29. The molecule has 4 heteroatoms. The van der Waals surface area contributed by atoms with Crippen molar-refractivity contribution in [3.05, 3.63) is 58.1 Å². The second-order valence-electron chi connectivity index (χ2n) is 5.34. The molecule has 0 saturated heterocycles. The summed E-state index contributed by atoms with van der Waals surface area (Å²) < 4.78 is 6.79. The van der Waals surface area contributed by atoms with Gasteiger partial charge in [0.2, 0.25) is 0 Å². The van der Waals surface area contributed by atoms with Gasteiger partial charge in [-0.15, -0.1) is 0 Å². The number of carbonyl (C=O) groups excluding carboxylic acids is 1. The van der Waals surface area contributed by atoms with Crippen molar-refractivity contribution >= 4 is 27.5 Å². The van der Waals surface area contributed by atoms with Crippen LogP contribution >= 0.6 is 15.9 Å². The van der Waals surface area contributed by atoms with Crippen molar-refractivity contribution < 1.29 is 9.53 Å². The second-order valence-corrected chi connectivity index (χ2v) is 6.25. The molecule has 0 saturated carbocycles. The Morgan fingerprint density at radius 1 is 1.18 bits per heavy atom. The normalized spacial score (nSPS) is 11.8. The molecule has 1 unspecified atom stereocenters. The highest BCUT2D eigenvalue weighted by Crippen LogP contribution is 2.20. The third kappa shape index (κ3) is 4.60. The van der Waals surface area contributed by atoms with Gasteiger partial charge in [0.15, 0.2) is 6.10 Å². The van der Waals surface area contributed by atoms with Crippen LogP contribution in [0, 0.1) is 13.8 Å². The Morgan fingerprint density at radius 2 is 1.86 bits per heavy atom. The van der Waals surface area contributed by atoms with Gasteiger partial charge in [0, 0.05) is 10.2 Å². The number of rotatable bonds is 5. The van der Waals surface area contributed by atoms with Crippen molar-refractivity contribution in [2.24, 2.45) is 0 Å². The second kappa shape index (κ2) is 7.45. The zero-order valence-electron chi connectivity index (χ0n) is 13.0. The van der Waals surface area contributed by atoms with Crippen LogP contribution in [0.25, 0.3) is 0 Å². The minimum absolute atomic E-state index is 0.139. The topological polar surface area (TPSA) is 38.3 Å². The SMILES string of the molecule is CCC(Oc1cc(C)cc(C)c1)C(=O)Nc1cccc(Br)c1. The molecule has 2 aromatic carbocycles. The maximum atomic E-state index is 12.4. The van der Waals surface area contributed by atoms with Gasteiger partial charge in [0.25, 0.3) is 5.91 Å². The monoisotopic (exact) mass is 361 g/mol. The predicted octanol–water partition coefficient (Wildman–Crippen LogP) is 4.86. The van der Waals surface area contributed by atoms with E-state index in [-0.39, 0.29) is 5.91 Å². The van der Waals surface area contributed by atoms with E-state index in [4.69, 9.17) is 4.74 Å². The van der Waals surface area contributed by atoms with Crippen molar-refractivity contribution in [3.63, 3.8) is 0 Å². The largest absolute Gasteiger partial charge is 0.481 e. The molecule has 0 bridgehead atoms. The fraction of sp³-hybridized carbons (Fsp3) is 0.278. The summed E-state index contributed by atoms with van der Waals surface area (Å²) in [5.41, 5.74) is 3.00. The standard InChI is InChI=1S/C18H20BrNO2/c1-4-17(22-16-9-12(2)8-13(3)10-16)18(21)20-15-7-5-6-14(19)11-15/h5-11,17H,4H2,1-3H3,(H,20,21). The van der Waals surface area contributed by atoms with Gasteiger partial charge in [0.1, 0.15) is 5.75 Å². The molecule has 0 heterocycles. The van der Waals surface area contributed by atoms with Crippen molar-refractivity contribution in [3.8, 4) is 5.75 Å². The molecule has 0 aliphatic rings. The summed E-state index contributed by atoms with van der Waals surface area (Å²) in [6.07, 6.45) is 0.0903. The number of hydrogen-bond acceptors (Lipinski definition) is 2. The number of aryl methyl sites for hydroxylation is 2. The molecule has 2 rings (SSSR count). The smallest absolute Gasteiger partial charge is 0.265 e. The molecule has 2 aromatic rings. The first-order chi connectivity index (χ1) is 10.5. The van der Waals surface area contributed by atoms with Crippen molar-refractivity contribution in [1.29, 1.82) is 0 Å². The molecular formula is C18H20BrNO2. The van der Waals surface area contributed by atoms with Gasteiger partial charge in [0.05, 0.1) is 0 Å². The summed E-state index contributed by atoms with van der Waals surface area (Å²) >= 11 is 3.39. The molecule has 0 spiro atoms. The Balaban J connectivity index is 2.08. The zero-order valence-corrected chi connectivity index (χ0v) is 14.6. The summed E-state index contributed by atoms with van der Waals surface area (Å²) in [6, 6.07) is 13.5. The molecule has 116 valence electrons. The highest BCUT2D eigenvalue weighted by molar-refractivity contribution is 9.10. The van der Waals surface area contributed by atoms with E-state index in [9.17, 15) is 4.79 Å². The molecule has 0 radical (unpaired) electrons. The van der Waals surface area contributed by atoms with Crippen LogP contribution in [0.4, 0.5) is 5.69 Å². The number of benzene rings is 2. The number of ether oxygens (including phenoxy) is 1. The Kier molecular flexibility index (Phi) is 5.61. The molecule has 1 atom stereocenters. The van der Waals surface area contributed by atoms with E-state index in [1.165, 1.54) is 0 Å². The molecule has 3 nitrogen and oxygen atoms in total. The third-order valence-electron chi connectivity index (χ3n) is 3.23. The predicted molar refractivity (Wildman–Crippen MR) is 93.4 cm³/mol. The van der Waals surface area contributed by atoms with Crippen LogP contribution in [0.2, 0.25) is 0 Å². The lowest BCUT2D eigenvalue weighted by Crippen LogP contribution is -2.32. The average Bonchev–Trinajstić information content (AvgIpc) is 2.43. The van der Waals surface area contributed by atoms with E-state index < -0.39 is 6.10 Å². The molecule has 0 aromatic heterocycles. The number of anilines is 1. The Bertz CT molecular complexity index is 650. The summed E-state index contributed by atoms with van der Waals surface area (Å²) in [6.45, 7) is 5.97. The number of hydrogen-bond donors (Lipinski definition) is 1. The van der Waals surface area contributed by atoms with Crippen LogP contribution in [0.5, 0.6) is 5.75 Å². The molecule has 0 aliphatic carbocycles. The fourth-order valence-electron chi connectivity index (χ4n) is 2.28. The van der Waals surface area contributed by atoms with Gasteiger partial charge < -0.3 is 10.1 Å². The Labute approximate surface area is 139 Å². The molecule has 22 heavy (non-hydrogen) atoms. The number of nitrogens with one attached hydrogen (secondary N) is 1. The number of carbonyl (C=O) groups is 1. The van der Waals surface area contributed by atoms with Gasteiger partial charge in [-0.05, 0) is 61.7 Å². The number of amides is 1. The van der Waals surface area contributed by atoms with Crippen molar-refractivity contribution in [1.82, 2.24) is 0 Å². The summed E-state index contributed by atoms with van der Waals surface area (Å²) in [5.74, 6) is 0.591. The van der Waals surface area contributed by atoms with Crippen molar-refractivity contribution in [2.75, 3.05) is 5.32 Å².